The van der Waals surface area contributed by atoms with Crippen LogP contribution in [0.5, 0.6) is 0 Å². The second kappa shape index (κ2) is 4.96. The van der Waals surface area contributed by atoms with Crippen LogP contribution in [0.2, 0.25) is 0 Å². The average molecular weight is 292 g/mol. The van der Waals surface area contributed by atoms with Crippen molar-refractivity contribution < 1.29 is 29.7 Å². The molecule has 0 aliphatic carbocycles. The largest absolute Gasteiger partial charge is 0.478 e. The van der Waals surface area contributed by atoms with E-state index in [1.807, 2.05) is 0 Å². The van der Waals surface area contributed by atoms with Crippen molar-refractivity contribution in [3.05, 3.63) is 51.4 Å². The summed E-state index contributed by atoms with van der Waals surface area (Å²) in [4.78, 5) is 44.4. The second-order valence-corrected chi connectivity index (χ2v) is 4.03. The molecular formula is C12H8N2O7. The lowest BCUT2D eigenvalue weighted by Crippen LogP contribution is -2.15. The normalized spacial score (nSPS) is 10.3. The Morgan fingerprint density at radius 3 is 1.76 bits per heavy atom. The topological polar surface area (TPSA) is 150 Å². The zero-order valence-electron chi connectivity index (χ0n) is 10.2. The average Bonchev–Trinajstić information content (AvgIpc) is 2.80. The van der Waals surface area contributed by atoms with E-state index in [1.54, 1.807) is 0 Å². The number of aromatic amines is 1. The number of H-pyrrole nitrogens is 1. The molecule has 1 heterocycles. The van der Waals surface area contributed by atoms with E-state index in [-0.39, 0.29) is 16.8 Å². The first kappa shape index (κ1) is 14.1. The molecule has 9 nitrogen and oxygen atoms in total. The zero-order valence-corrected chi connectivity index (χ0v) is 10.2. The highest BCUT2D eigenvalue weighted by atomic mass is 16.4. The third-order valence-corrected chi connectivity index (χ3v) is 2.62. The summed E-state index contributed by atoms with van der Waals surface area (Å²) in [5, 5.41) is 28.9. The van der Waals surface area contributed by atoms with Gasteiger partial charge in [0.15, 0.2) is 0 Å². The molecule has 0 atom stereocenters. The van der Waals surface area contributed by atoms with E-state index in [1.165, 1.54) is 0 Å². The fraction of sp³-hybridized carbons (Fsp3) is 0. The number of carboxylic acid groups (broad SMARTS) is 3. The summed E-state index contributed by atoms with van der Waals surface area (Å²) in [6.45, 7) is 0. The van der Waals surface area contributed by atoms with Crippen molar-refractivity contribution in [3.8, 4) is 5.69 Å². The predicted molar refractivity (Wildman–Crippen MR) is 67.3 cm³/mol. The summed E-state index contributed by atoms with van der Waals surface area (Å²) < 4.78 is 0.752. The van der Waals surface area contributed by atoms with Crippen LogP contribution < -0.4 is 5.56 Å². The Balaban J connectivity index is 2.68. The summed E-state index contributed by atoms with van der Waals surface area (Å²) >= 11 is 0. The lowest BCUT2D eigenvalue weighted by Gasteiger charge is -2.05. The van der Waals surface area contributed by atoms with Crippen molar-refractivity contribution in [2.24, 2.45) is 0 Å². The molecular weight excluding hydrogens is 284 g/mol. The van der Waals surface area contributed by atoms with Crippen molar-refractivity contribution in [1.82, 2.24) is 9.78 Å². The van der Waals surface area contributed by atoms with Gasteiger partial charge >= 0.3 is 17.9 Å². The zero-order chi connectivity index (χ0) is 15.7. The van der Waals surface area contributed by atoms with Crippen molar-refractivity contribution >= 4 is 17.9 Å². The van der Waals surface area contributed by atoms with Gasteiger partial charge in [0.05, 0.1) is 16.8 Å². The highest BCUT2D eigenvalue weighted by molar-refractivity contribution is 5.94. The van der Waals surface area contributed by atoms with E-state index in [4.69, 9.17) is 15.3 Å². The van der Waals surface area contributed by atoms with Crippen molar-refractivity contribution in [2.45, 2.75) is 0 Å². The molecule has 0 fully saturated rings. The number of aromatic carboxylic acids is 3. The van der Waals surface area contributed by atoms with E-state index in [0.29, 0.717) is 0 Å². The molecule has 9 heteroatoms. The maximum Gasteiger partial charge on any atom is 0.353 e. The summed E-state index contributed by atoms with van der Waals surface area (Å²) in [7, 11) is 0. The van der Waals surface area contributed by atoms with Gasteiger partial charge in [0.2, 0.25) is 0 Å². The summed E-state index contributed by atoms with van der Waals surface area (Å²) in [5.74, 6) is -4.13. The van der Waals surface area contributed by atoms with Crippen molar-refractivity contribution in [1.29, 1.82) is 0 Å². The van der Waals surface area contributed by atoms with Gasteiger partial charge in [-0.05, 0) is 18.2 Å². The van der Waals surface area contributed by atoms with Gasteiger partial charge in [0.25, 0.3) is 5.56 Å². The first-order valence-corrected chi connectivity index (χ1v) is 5.47. The van der Waals surface area contributed by atoms with E-state index < -0.39 is 29.2 Å². The fourth-order valence-corrected chi connectivity index (χ4v) is 1.68. The summed E-state index contributed by atoms with van der Waals surface area (Å²) in [6.07, 6.45) is 0. The maximum absolute atomic E-state index is 11.7. The highest BCUT2D eigenvalue weighted by Crippen LogP contribution is 2.13. The van der Waals surface area contributed by atoms with Gasteiger partial charge in [0, 0.05) is 6.07 Å². The van der Waals surface area contributed by atoms with Gasteiger partial charge < -0.3 is 15.3 Å². The smallest absolute Gasteiger partial charge is 0.353 e. The van der Waals surface area contributed by atoms with Crippen LogP contribution in [0.4, 0.5) is 0 Å². The number of benzene rings is 1. The number of carbonyl (C=O) groups is 3. The highest BCUT2D eigenvalue weighted by Gasteiger charge is 2.15. The van der Waals surface area contributed by atoms with Crippen LogP contribution in [-0.4, -0.2) is 43.0 Å². The minimum Gasteiger partial charge on any atom is -0.478 e. The lowest BCUT2D eigenvalue weighted by atomic mass is 10.1. The number of nitrogens with one attached hydrogen (secondary N) is 1. The quantitative estimate of drug-likeness (QED) is 0.631. The molecule has 21 heavy (non-hydrogen) atoms. The van der Waals surface area contributed by atoms with Crippen molar-refractivity contribution in [2.75, 3.05) is 0 Å². The molecule has 2 rings (SSSR count). The van der Waals surface area contributed by atoms with Crippen LogP contribution in [0.1, 0.15) is 31.2 Å². The van der Waals surface area contributed by atoms with Crippen molar-refractivity contribution in [3.63, 3.8) is 0 Å². The third-order valence-electron chi connectivity index (χ3n) is 2.62. The molecule has 0 spiro atoms. The van der Waals surface area contributed by atoms with Crippen LogP contribution in [-0.2, 0) is 0 Å². The number of hydrogen-bond donors (Lipinski definition) is 4. The monoisotopic (exact) mass is 292 g/mol. The Hall–Kier alpha value is -3.36. The van der Waals surface area contributed by atoms with Gasteiger partial charge in [-0.2, -0.15) is 0 Å². The Morgan fingerprint density at radius 1 is 0.857 bits per heavy atom. The van der Waals surface area contributed by atoms with Gasteiger partial charge in [0.1, 0.15) is 5.69 Å². The molecule has 4 N–H and O–H groups in total. The number of aromatic nitrogens is 2. The number of nitrogens with zero attached hydrogens (tertiary/aromatic N) is 1. The maximum atomic E-state index is 11.7. The van der Waals surface area contributed by atoms with E-state index in [0.717, 1.165) is 28.9 Å². The lowest BCUT2D eigenvalue weighted by molar-refractivity contribution is 0.0677. The first-order chi connectivity index (χ1) is 9.79. The molecule has 0 aliphatic heterocycles. The first-order valence-electron chi connectivity index (χ1n) is 5.47. The van der Waals surface area contributed by atoms with Crippen LogP contribution in [0.15, 0.2) is 29.1 Å². The van der Waals surface area contributed by atoms with Gasteiger partial charge in [-0.1, -0.05) is 0 Å². The van der Waals surface area contributed by atoms with Gasteiger partial charge in [-0.15, -0.1) is 0 Å². The molecule has 0 bridgehead atoms. The Labute approximate surface area is 115 Å². The molecule has 0 saturated carbocycles. The molecule has 2 aromatic rings. The predicted octanol–water partition coefficient (Wildman–Crippen LogP) is 0.260. The molecule has 0 radical (unpaired) electrons. The van der Waals surface area contributed by atoms with Crippen LogP contribution in [0, 0.1) is 0 Å². The fourth-order valence-electron chi connectivity index (χ4n) is 1.68. The van der Waals surface area contributed by atoms with Crippen LogP contribution in [0.3, 0.4) is 0 Å². The van der Waals surface area contributed by atoms with E-state index in [2.05, 4.69) is 5.10 Å². The summed E-state index contributed by atoms with van der Waals surface area (Å²) in [5.41, 5.74) is -1.94. The Bertz CT molecular complexity index is 783. The minimum absolute atomic E-state index is 0.0928. The van der Waals surface area contributed by atoms with Crippen LogP contribution >= 0.6 is 0 Å². The Morgan fingerprint density at radius 2 is 1.38 bits per heavy atom. The SMILES string of the molecule is O=C(O)c1cc(C(=O)O)cc(-n2[nH]c(C(=O)O)cc2=O)c1. The van der Waals surface area contributed by atoms with Crippen LogP contribution in [0.25, 0.3) is 5.69 Å². The molecule has 0 aliphatic rings. The number of carboxylic acids is 3. The molecule has 108 valence electrons. The number of hydrogen-bond acceptors (Lipinski definition) is 4. The standard InChI is InChI=1S/C12H8N2O7/c15-9-4-8(12(20)21)13-14(9)7-2-5(10(16)17)1-6(3-7)11(18)19/h1-4,13H,(H,16,17)(H,18,19)(H,20,21). The molecule has 0 unspecified atom stereocenters. The molecule has 1 aromatic carbocycles. The van der Waals surface area contributed by atoms with Gasteiger partial charge in [-0.25, -0.2) is 19.1 Å². The third kappa shape index (κ3) is 2.66. The van der Waals surface area contributed by atoms with E-state index in [9.17, 15) is 19.2 Å². The molecule has 1 aromatic heterocycles. The van der Waals surface area contributed by atoms with E-state index >= 15 is 0 Å². The second-order valence-electron chi connectivity index (χ2n) is 4.03. The van der Waals surface area contributed by atoms with Gasteiger partial charge in [-0.3, -0.25) is 9.89 Å². The summed E-state index contributed by atoms with van der Waals surface area (Å²) in [6, 6.07) is 3.84. The minimum atomic E-state index is -1.38. The molecule has 0 saturated heterocycles. The molecule has 0 amide bonds. The Kier molecular flexibility index (Phi) is 3.32. The number of rotatable bonds is 4.